The van der Waals surface area contributed by atoms with E-state index in [1.54, 1.807) is 0 Å². The minimum Gasteiger partial charge on any atom is -0.507 e. The first-order valence-corrected chi connectivity index (χ1v) is 5.69. The summed E-state index contributed by atoms with van der Waals surface area (Å²) in [7, 11) is 0. The summed E-state index contributed by atoms with van der Waals surface area (Å²) < 4.78 is 0. The number of phenolic OH excluding ortho intramolecular Hbond substituents is 1. The zero-order valence-corrected chi connectivity index (χ0v) is 10.4. The van der Waals surface area contributed by atoms with E-state index in [0.717, 1.165) is 16.8 Å². The van der Waals surface area contributed by atoms with Gasteiger partial charge in [0.2, 0.25) is 0 Å². The Morgan fingerprint density at radius 2 is 2.06 bits per heavy atom. The smallest absolute Gasteiger partial charge is 0.303 e. The SMILES string of the molecule is Cc1ccc(NC(C)CCC(=O)O)c(C)c1O. The van der Waals surface area contributed by atoms with Crippen LogP contribution in [0.5, 0.6) is 5.75 Å². The maximum Gasteiger partial charge on any atom is 0.303 e. The molecule has 0 aliphatic rings. The number of aromatic hydroxyl groups is 1. The van der Waals surface area contributed by atoms with Crippen molar-refractivity contribution in [2.75, 3.05) is 5.32 Å². The Balaban J connectivity index is 2.68. The van der Waals surface area contributed by atoms with Gasteiger partial charge in [0.05, 0.1) is 0 Å². The normalized spacial score (nSPS) is 12.2. The highest BCUT2D eigenvalue weighted by Crippen LogP contribution is 2.28. The number of carboxylic acid groups (broad SMARTS) is 1. The molecule has 0 spiro atoms. The van der Waals surface area contributed by atoms with Crippen LogP contribution in [-0.4, -0.2) is 22.2 Å². The van der Waals surface area contributed by atoms with Gasteiger partial charge in [-0.2, -0.15) is 0 Å². The van der Waals surface area contributed by atoms with Gasteiger partial charge in [0.15, 0.2) is 0 Å². The predicted octanol–water partition coefficient (Wildman–Crippen LogP) is 2.67. The Kier molecular flexibility index (Phi) is 4.37. The van der Waals surface area contributed by atoms with E-state index < -0.39 is 5.97 Å². The maximum atomic E-state index is 10.5. The molecular weight excluding hydrogens is 218 g/mol. The van der Waals surface area contributed by atoms with Crippen molar-refractivity contribution in [1.29, 1.82) is 0 Å². The molecule has 1 rings (SSSR count). The molecule has 0 fully saturated rings. The third-order valence-corrected chi connectivity index (χ3v) is 2.83. The number of carboxylic acids is 1. The number of phenols is 1. The summed E-state index contributed by atoms with van der Waals surface area (Å²) in [6.45, 7) is 5.62. The molecule has 0 amide bonds. The molecule has 1 aromatic carbocycles. The Bertz CT molecular complexity index is 415. The number of benzene rings is 1. The maximum absolute atomic E-state index is 10.5. The Labute approximate surface area is 101 Å². The van der Waals surface area contributed by atoms with Crippen molar-refractivity contribution in [3.05, 3.63) is 23.3 Å². The van der Waals surface area contributed by atoms with E-state index in [9.17, 15) is 9.90 Å². The van der Waals surface area contributed by atoms with Gasteiger partial charge < -0.3 is 15.5 Å². The number of aliphatic carboxylic acids is 1. The number of carbonyl (C=O) groups is 1. The first-order valence-electron chi connectivity index (χ1n) is 5.69. The van der Waals surface area contributed by atoms with Gasteiger partial charge in [-0.05, 0) is 38.8 Å². The van der Waals surface area contributed by atoms with Crippen LogP contribution < -0.4 is 5.32 Å². The molecule has 0 aliphatic carbocycles. The highest BCUT2D eigenvalue weighted by Gasteiger charge is 2.09. The number of hydrogen-bond acceptors (Lipinski definition) is 3. The van der Waals surface area contributed by atoms with Crippen LogP contribution in [-0.2, 0) is 4.79 Å². The molecule has 0 radical (unpaired) electrons. The summed E-state index contributed by atoms with van der Waals surface area (Å²) in [6, 6.07) is 3.81. The number of anilines is 1. The molecule has 0 heterocycles. The molecule has 1 atom stereocenters. The fraction of sp³-hybridized carbons (Fsp3) is 0.462. The molecule has 4 nitrogen and oxygen atoms in total. The Morgan fingerprint density at radius 3 is 2.65 bits per heavy atom. The minimum atomic E-state index is -0.790. The quantitative estimate of drug-likeness (QED) is 0.736. The van der Waals surface area contributed by atoms with Gasteiger partial charge in [-0.3, -0.25) is 4.79 Å². The van der Waals surface area contributed by atoms with E-state index in [1.165, 1.54) is 0 Å². The van der Waals surface area contributed by atoms with Crippen molar-refractivity contribution in [3.8, 4) is 5.75 Å². The molecule has 4 heteroatoms. The second kappa shape index (κ2) is 5.57. The van der Waals surface area contributed by atoms with Gasteiger partial charge >= 0.3 is 5.97 Å². The van der Waals surface area contributed by atoms with Crippen LogP contribution in [0.1, 0.15) is 30.9 Å². The fourth-order valence-corrected chi connectivity index (χ4v) is 1.67. The van der Waals surface area contributed by atoms with E-state index >= 15 is 0 Å². The zero-order valence-electron chi connectivity index (χ0n) is 10.4. The molecule has 0 aromatic heterocycles. The van der Waals surface area contributed by atoms with Crippen LogP contribution in [0.2, 0.25) is 0 Å². The van der Waals surface area contributed by atoms with Crippen molar-refractivity contribution in [2.45, 2.75) is 39.7 Å². The molecule has 1 unspecified atom stereocenters. The lowest BCUT2D eigenvalue weighted by atomic mass is 10.1. The van der Waals surface area contributed by atoms with E-state index in [-0.39, 0.29) is 12.5 Å². The molecule has 17 heavy (non-hydrogen) atoms. The summed E-state index contributed by atoms with van der Waals surface area (Å²) in [6.07, 6.45) is 0.703. The molecule has 0 aliphatic heterocycles. The number of hydrogen-bond donors (Lipinski definition) is 3. The molecule has 0 saturated heterocycles. The van der Waals surface area contributed by atoms with E-state index in [1.807, 2.05) is 32.9 Å². The molecule has 94 valence electrons. The summed E-state index contributed by atoms with van der Waals surface area (Å²) in [5, 5.41) is 21.6. The van der Waals surface area contributed by atoms with Crippen molar-refractivity contribution < 1.29 is 15.0 Å². The average molecular weight is 237 g/mol. The first-order chi connectivity index (χ1) is 7.91. The molecule has 0 saturated carbocycles. The number of aryl methyl sites for hydroxylation is 1. The number of nitrogens with one attached hydrogen (secondary N) is 1. The van der Waals surface area contributed by atoms with E-state index in [4.69, 9.17) is 5.11 Å². The minimum absolute atomic E-state index is 0.0620. The van der Waals surface area contributed by atoms with Crippen LogP contribution in [0.3, 0.4) is 0 Å². The summed E-state index contributed by atoms with van der Waals surface area (Å²) in [5.41, 5.74) is 2.49. The summed E-state index contributed by atoms with van der Waals surface area (Å²) in [5.74, 6) is -0.498. The predicted molar refractivity (Wildman–Crippen MR) is 67.5 cm³/mol. The van der Waals surface area contributed by atoms with Crippen molar-refractivity contribution >= 4 is 11.7 Å². The average Bonchev–Trinajstić information content (AvgIpc) is 2.27. The topological polar surface area (TPSA) is 69.6 Å². The Hall–Kier alpha value is -1.71. The van der Waals surface area contributed by atoms with Crippen molar-refractivity contribution in [1.82, 2.24) is 0 Å². The lowest BCUT2D eigenvalue weighted by Crippen LogP contribution is -2.17. The van der Waals surface area contributed by atoms with Crippen LogP contribution in [0.25, 0.3) is 0 Å². The fourth-order valence-electron chi connectivity index (χ4n) is 1.67. The van der Waals surface area contributed by atoms with Crippen LogP contribution in [0.15, 0.2) is 12.1 Å². The third kappa shape index (κ3) is 3.66. The first kappa shape index (κ1) is 13.4. The zero-order chi connectivity index (χ0) is 13.0. The standard InChI is InChI=1S/C13H19NO3/c1-8-4-6-11(10(3)13(8)17)14-9(2)5-7-12(15)16/h4,6,9,14,17H,5,7H2,1-3H3,(H,15,16). The van der Waals surface area contributed by atoms with E-state index in [2.05, 4.69) is 5.32 Å². The van der Waals surface area contributed by atoms with Gasteiger partial charge in [0, 0.05) is 23.7 Å². The summed E-state index contributed by atoms with van der Waals surface area (Å²) >= 11 is 0. The second-order valence-electron chi connectivity index (χ2n) is 4.38. The largest absolute Gasteiger partial charge is 0.507 e. The van der Waals surface area contributed by atoms with E-state index in [0.29, 0.717) is 12.2 Å². The lowest BCUT2D eigenvalue weighted by Gasteiger charge is -2.17. The Morgan fingerprint density at radius 1 is 1.41 bits per heavy atom. The van der Waals surface area contributed by atoms with Gasteiger partial charge in [-0.15, -0.1) is 0 Å². The third-order valence-electron chi connectivity index (χ3n) is 2.83. The van der Waals surface area contributed by atoms with Gasteiger partial charge in [0.1, 0.15) is 5.75 Å². The van der Waals surface area contributed by atoms with Gasteiger partial charge in [-0.1, -0.05) is 6.07 Å². The van der Waals surface area contributed by atoms with Gasteiger partial charge in [-0.25, -0.2) is 0 Å². The van der Waals surface area contributed by atoms with Crippen LogP contribution in [0, 0.1) is 13.8 Å². The number of rotatable bonds is 5. The van der Waals surface area contributed by atoms with Crippen LogP contribution >= 0.6 is 0 Å². The molecular formula is C13H19NO3. The van der Waals surface area contributed by atoms with Crippen LogP contribution in [0.4, 0.5) is 5.69 Å². The highest BCUT2D eigenvalue weighted by molar-refractivity contribution is 5.67. The second-order valence-corrected chi connectivity index (χ2v) is 4.38. The van der Waals surface area contributed by atoms with Crippen molar-refractivity contribution in [2.24, 2.45) is 0 Å². The summed E-state index contributed by atoms with van der Waals surface area (Å²) in [4.78, 5) is 10.5. The monoisotopic (exact) mass is 237 g/mol. The lowest BCUT2D eigenvalue weighted by molar-refractivity contribution is -0.137. The molecule has 0 bridgehead atoms. The van der Waals surface area contributed by atoms with Gasteiger partial charge in [0.25, 0.3) is 0 Å². The molecule has 3 N–H and O–H groups in total. The molecule has 1 aromatic rings. The van der Waals surface area contributed by atoms with Crippen molar-refractivity contribution in [3.63, 3.8) is 0 Å². The highest BCUT2D eigenvalue weighted by atomic mass is 16.4.